The standard InChI is InChI=1S/C17H15NOS2/c1-10-3-5-11(6-4-10)12-7-13-15(9-18)21-17(20-2)16(13)14(19)8-12/h3-6,12H,7-8H2,1-2H3/t12-/m0/s1. The van der Waals surface area contributed by atoms with Gasteiger partial charge in [0, 0.05) is 12.0 Å². The average Bonchev–Trinajstić information content (AvgIpc) is 2.86. The number of nitriles is 1. The predicted molar refractivity (Wildman–Crippen MR) is 87.4 cm³/mol. The minimum Gasteiger partial charge on any atom is -0.294 e. The van der Waals surface area contributed by atoms with Crippen molar-refractivity contribution < 1.29 is 4.79 Å². The minimum absolute atomic E-state index is 0.184. The molecule has 0 saturated carbocycles. The highest BCUT2D eigenvalue weighted by atomic mass is 32.2. The van der Waals surface area contributed by atoms with E-state index in [1.54, 1.807) is 11.8 Å². The lowest BCUT2D eigenvalue weighted by Crippen LogP contribution is -2.18. The van der Waals surface area contributed by atoms with Gasteiger partial charge in [-0.3, -0.25) is 4.79 Å². The van der Waals surface area contributed by atoms with Crippen LogP contribution in [0.15, 0.2) is 28.5 Å². The number of thioether (sulfide) groups is 1. The molecule has 4 heteroatoms. The Morgan fingerprint density at radius 2 is 2.00 bits per heavy atom. The van der Waals surface area contributed by atoms with Crippen LogP contribution in [0.5, 0.6) is 0 Å². The molecule has 0 spiro atoms. The van der Waals surface area contributed by atoms with Gasteiger partial charge in [0.25, 0.3) is 0 Å². The van der Waals surface area contributed by atoms with E-state index in [4.69, 9.17) is 0 Å². The van der Waals surface area contributed by atoms with Crippen molar-refractivity contribution in [3.63, 3.8) is 0 Å². The normalized spacial score (nSPS) is 17.4. The molecule has 0 unspecified atom stereocenters. The molecule has 21 heavy (non-hydrogen) atoms. The minimum atomic E-state index is 0.184. The van der Waals surface area contributed by atoms with Gasteiger partial charge in [0.1, 0.15) is 10.9 Å². The van der Waals surface area contributed by atoms with Crippen LogP contribution in [0.3, 0.4) is 0 Å². The highest BCUT2D eigenvalue weighted by Crippen LogP contribution is 2.42. The topological polar surface area (TPSA) is 40.9 Å². The van der Waals surface area contributed by atoms with Crippen LogP contribution in [0.4, 0.5) is 0 Å². The third kappa shape index (κ3) is 2.52. The van der Waals surface area contributed by atoms with Crippen LogP contribution in [0.25, 0.3) is 0 Å². The number of fused-ring (bicyclic) bond motifs is 1. The van der Waals surface area contributed by atoms with E-state index < -0.39 is 0 Å². The molecule has 0 aliphatic heterocycles. The molecule has 0 fully saturated rings. The molecule has 0 amide bonds. The molecule has 0 N–H and O–H groups in total. The van der Waals surface area contributed by atoms with Gasteiger partial charge in [-0.2, -0.15) is 5.26 Å². The fourth-order valence-corrected chi connectivity index (χ4v) is 4.77. The first kappa shape index (κ1) is 14.4. The zero-order valence-electron chi connectivity index (χ0n) is 12.0. The zero-order valence-corrected chi connectivity index (χ0v) is 13.6. The molecule has 0 saturated heterocycles. The van der Waals surface area contributed by atoms with Gasteiger partial charge in [-0.25, -0.2) is 0 Å². The Labute approximate surface area is 132 Å². The second-order valence-corrected chi connectivity index (χ2v) is 7.42. The summed E-state index contributed by atoms with van der Waals surface area (Å²) in [6.45, 7) is 2.06. The van der Waals surface area contributed by atoms with Crippen LogP contribution in [0, 0.1) is 18.3 Å². The molecule has 2 aromatic rings. The molecule has 1 aliphatic carbocycles. The van der Waals surface area contributed by atoms with Crippen LogP contribution in [0.1, 0.15) is 44.3 Å². The Bertz CT molecular complexity index is 737. The number of nitrogens with zero attached hydrogens (tertiary/aromatic N) is 1. The number of thiophene rings is 1. The number of benzene rings is 1. The monoisotopic (exact) mass is 313 g/mol. The summed E-state index contributed by atoms with van der Waals surface area (Å²) in [5, 5.41) is 9.32. The van der Waals surface area contributed by atoms with Crippen molar-refractivity contribution in [3.8, 4) is 6.07 Å². The third-order valence-corrected chi connectivity index (χ3v) is 6.23. The second kappa shape index (κ2) is 5.67. The van der Waals surface area contributed by atoms with Crippen molar-refractivity contribution >= 4 is 28.9 Å². The van der Waals surface area contributed by atoms with Gasteiger partial charge in [-0.1, -0.05) is 29.8 Å². The van der Waals surface area contributed by atoms with Gasteiger partial charge in [0.05, 0.1) is 4.21 Å². The maximum Gasteiger partial charge on any atom is 0.165 e. The molecule has 1 heterocycles. The van der Waals surface area contributed by atoms with Gasteiger partial charge >= 0.3 is 0 Å². The summed E-state index contributed by atoms with van der Waals surface area (Å²) in [6, 6.07) is 10.6. The van der Waals surface area contributed by atoms with Gasteiger partial charge in [0.15, 0.2) is 5.78 Å². The summed E-state index contributed by atoms with van der Waals surface area (Å²) in [5.41, 5.74) is 4.20. The van der Waals surface area contributed by atoms with Crippen molar-refractivity contribution in [2.24, 2.45) is 0 Å². The zero-order chi connectivity index (χ0) is 15.0. The van der Waals surface area contributed by atoms with Gasteiger partial charge < -0.3 is 0 Å². The predicted octanol–water partition coefficient (Wildman–Crippen LogP) is 4.56. The van der Waals surface area contributed by atoms with Crippen molar-refractivity contribution in [3.05, 3.63) is 51.4 Å². The number of Topliss-reactive ketones (excluding diaryl/α,β-unsaturated/α-hetero) is 1. The van der Waals surface area contributed by atoms with Crippen LogP contribution in [-0.4, -0.2) is 12.0 Å². The van der Waals surface area contributed by atoms with E-state index in [2.05, 4.69) is 37.3 Å². The summed E-state index contributed by atoms with van der Waals surface area (Å²) >= 11 is 3.03. The van der Waals surface area contributed by atoms with Crippen molar-refractivity contribution in [2.75, 3.05) is 6.26 Å². The number of ketones is 1. The Kier molecular flexibility index (Phi) is 3.88. The average molecular weight is 313 g/mol. The van der Waals surface area contributed by atoms with Crippen molar-refractivity contribution in [2.45, 2.75) is 29.9 Å². The largest absolute Gasteiger partial charge is 0.294 e. The van der Waals surface area contributed by atoms with Gasteiger partial charge in [-0.05, 0) is 36.6 Å². The molecule has 1 atom stereocenters. The Hall–Kier alpha value is -1.57. The molecule has 3 rings (SSSR count). The lowest BCUT2D eigenvalue weighted by atomic mass is 9.80. The summed E-state index contributed by atoms with van der Waals surface area (Å²) in [5.74, 6) is 0.380. The molecular formula is C17H15NOS2. The lowest BCUT2D eigenvalue weighted by Gasteiger charge is -2.22. The molecule has 0 bridgehead atoms. The van der Waals surface area contributed by atoms with E-state index in [1.807, 2.05) is 6.26 Å². The first-order valence-corrected chi connectivity index (χ1v) is 8.87. The highest BCUT2D eigenvalue weighted by molar-refractivity contribution is 8.00. The number of aryl methyl sites for hydroxylation is 1. The van der Waals surface area contributed by atoms with Crippen molar-refractivity contribution in [1.29, 1.82) is 5.26 Å². The Morgan fingerprint density at radius 1 is 1.29 bits per heavy atom. The number of rotatable bonds is 2. The second-order valence-electron chi connectivity index (χ2n) is 5.33. The maximum atomic E-state index is 12.5. The summed E-state index contributed by atoms with van der Waals surface area (Å²) in [4.78, 5) is 13.2. The van der Waals surface area contributed by atoms with E-state index in [0.29, 0.717) is 11.3 Å². The Balaban J connectivity index is 2.02. The smallest absolute Gasteiger partial charge is 0.165 e. The van der Waals surface area contributed by atoms with Gasteiger partial charge in [-0.15, -0.1) is 23.1 Å². The molecule has 1 aromatic heterocycles. The quantitative estimate of drug-likeness (QED) is 0.763. The number of carbonyl (C=O) groups excluding carboxylic acids is 1. The number of hydrogen-bond acceptors (Lipinski definition) is 4. The molecule has 1 aliphatic rings. The first-order valence-electron chi connectivity index (χ1n) is 6.83. The number of carbonyl (C=O) groups is 1. The fourth-order valence-electron chi connectivity index (χ4n) is 2.87. The van der Waals surface area contributed by atoms with Gasteiger partial charge in [0.2, 0.25) is 0 Å². The number of hydrogen-bond donors (Lipinski definition) is 0. The lowest BCUT2D eigenvalue weighted by molar-refractivity contribution is 0.0962. The third-order valence-electron chi connectivity index (χ3n) is 3.97. The fraction of sp³-hybridized carbons (Fsp3) is 0.294. The summed E-state index contributed by atoms with van der Waals surface area (Å²) < 4.78 is 0.994. The van der Waals surface area contributed by atoms with E-state index in [1.165, 1.54) is 22.5 Å². The van der Waals surface area contributed by atoms with E-state index in [-0.39, 0.29) is 11.7 Å². The molecular weight excluding hydrogens is 298 g/mol. The molecule has 106 valence electrons. The van der Waals surface area contributed by atoms with E-state index in [9.17, 15) is 10.1 Å². The summed E-state index contributed by atoms with van der Waals surface area (Å²) in [6.07, 6.45) is 3.31. The van der Waals surface area contributed by atoms with Crippen LogP contribution < -0.4 is 0 Å². The van der Waals surface area contributed by atoms with E-state index in [0.717, 1.165) is 21.8 Å². The first-order chi connectivity index (χ1) is 10.1. The summed E-state index contributed by atoms with van der Waals surface area (Å²) in [7, 11) is 0. The van der Waals surface area contributed by atoms with Crippen LogP contribution >= 0.6 is 23.1 Å². The van der Waals surface area contributed by atoms with Crippen molar-refractivity contribution in [1.82, 2.24) is 0 Å². The molecule has 2 nitrogen and oxygen atoms in total. The Morgan fingerprint density at radius 3 is 2.62 bits per heavy atom. The SMILES string of the molecule is CSc1sc(C#N)c2c1C(=O)C[C@@H](c1ccc(C)cc1)C2. The maximum absolute atomic E-state index is 12.5. The highest BCUT2D eigenvalue weighted by Gasteiger charge is 2.32. The van der Waals surface area contributed by atoms with Crippen LogP contribution in [0.2, 0.25) is 0 Å². The molecule has 0 radical (unpaired) electrons. The van der Waals surface area contributed by atoms with E-state index >= 15 is 0 Å². The molecule has 1 aromatic carbocycles. The van der Waals surface area contributed by atoms with Crippen LogP contribution in [-0.2, 0) is 6.42 Å².